The van der Waals surface area contributed by atoms with Crippen LogP contribution in [0.4, 0.5) is 0 Å². The van der Waals surface area contributed by atoms with Crippen LogP contribution in [0.2, 0.25) is 6.04 Å². The summed E-state index contributed by atoms with van der Waals surface area (Å²) in [6, 6.07) is 14.1. The molecule has 0 radical (unpaired) electrons. The zero-order valence-corrected chi connectivity index (χ0v) is 16.6. The lowest BCUT2D eigenvalue weighted by Gasteiger charge is -2.24. The molecule has 144 valence electrons. The number of nitrogens with zero attached hydrogens (tertiary/aromatic N) is 3. The fraction of sp³-hybridized carbons (Fsp3) is 0.333. The molecule has 0 amide bonds. The van der Waals surface area contributed by atoms with Crippen LogP contribution in [0.3, 0.4) is 0 Å². The van der Waals surface area contributed by atoms with Crippen molar-refractivity contribution in [3.8, 4) is 17.2 Å². The van der Waals surface area contributed by atoms with Crippen LogP contribution in [0.1, 0.15) is 6.42 Å². The highest BCUT2D eigenvalue weighted by molar-refractivity contribution is 6.60. The fourth-order valence-corrected chi connectivity index (χ4v) is 4.98. The first-order chi connectivity index (χ1) is 13.1. The second-order valence-electron chi connectivity index (χ2n) is 6.25. The summed E-state index contributed by atoms with van der Waals surface area (Å²) in [5, 5.41) is 10.4. The maximum Gasteiger partial charge on any atom is 0.500 e. The molecule has 0 saturated carbocycles. The number of phenolic OH excluding ortho intramolecular Hbond substituents is 1. The monoisotopic (exact) mass is 389 g/mol. The first kappa shape index (κ1) is 17.9. The maximum absolute atomic E-state index is 10.4. The normalized spacial score (nSPS) is 12.6. The molecule has 4 aromatic rings. The van der Waals surface area contributed by atoms with E-state index < -0.39 is 8.80 Å². The molecule has 2 aromatic carbocycles. The number of benzene rings is 2. The summed E-state index contributed by atoms with van der Waals surface area (Å²) in [4.78, 5) is 1.92. The molecule has 0 aliphatic heterocycles. The van der Waals surface area contributed by atoms with Gasteiger partial charge in [0.15, 0.2) is 0 Å². The average molecular weight is 389 g/mol. The molecule has 8 nitrogen and oxygen atoms in total. The van der Waals surface area contributed by atoms with Crippen molar-refractivity contribution < 1.29 is 23.1 Å². The Hall–Kier alpha value is -2.46. The zero-order chi connectivity index (χ0) is 19.0. The predicted octanol–water partition coefficient (Wildman–Crippen LogP) is 2.77. The largest absolute Gasteiger partial charge is 0.505 e. The van der Waals surface area contributed by atoms with Crippen LogP contribution in [0.5, 0.6) is 11.5 Å². The second-order valence-corrected chi connectivity index (χ2v) is 9.35. The van der Waals surface area contributed by atoms with Crippen LogP contribution in [-0.4, -0.2) is 55.9 Å². The smallest absolute Gasteiger partial charge is 0.500 e. The van der Waals surface area contributed by atoms with Crippen molar-refractivity contribution in [2.24, 2.45) is 0 Å². The van der Waals surface area contributed by atoms with Gasteiger partial charge in [0.05, 0.1) is 6.61 Å². The van der Waals surface area contributed by atoms with Gasteiger partial charge in [-0.15, -0.1) is 14.1 Å². The lowest BCUT2D eigenvalue weighted by atomic mass is 10.3. The Labute approximate surface area is 157 Å². The van der Waals surface area contributed by atoms with Gasteiger partial charge in [-0.2, -0.15) is 0 Å². The van der Waals surface area contributed by atoms with Gasteiger partial charge in [0, 0.05) is 33.4 Å². The molecule has 0 unspecified atom stereocenters. The third-order valence-corrected chi connectivity index (χ3v) is 7.64. The molecule has 9 heteroatoms. The zero-order valence-electron chi connectivity index (χ0n) is 15.6. The molecular formula is C18H23N3O5Si. The molecule has 0 spiro atoms. The number of rotatable bonds is 9. The molecule has 0 fully saturated rings. The second kappa shape index (κ2) is 6.93. The van der Waals surface area contributed by atoms with Gasteiger partial charge in [0.2, 0.25) is 0 Å². The topological polar surface area (TPSA) is 70.9 Å². The highest BCUT2D eigenvalue weighted by Crippen LogP contribution is 2.32. The van der Waals surface area contributed by atoms with Gasteiger partial charge in [-0.1, -0.05) is 12.1 Å². The number of ether oxygens (including phenoxy) is 1. The van der Waals surface area contributed by atoms with Gasteiger partial charge in [0.25, 0.3) is 0 Å². The van der Waals surface area contributed by atoms with Gasteiger partial charge in [-0.3, -0.25) is 0 Å². The van der Waals surface area contributed by atoms with Gasteiger partial charge in [-0.25, -0.2) is 0 Å². The SMILES string of the molecule is CO[Si](CCCOc1ccc(-n2n3c4ccccc4n23)c(O)c1)(OC)OC. The minimum absolute atomic E-state index is 0.169. The third-order valence-electron chi connectivity index (χ3n) is 4.81. The highest BCUT2D eigenvalue weighted by Gasteiger charge is 2.37. The van der Waals surface area contributed by atoms with Crippen LogP contribution in [0.25, 0.3) is 16.7 Å². The van der Waals surface area contributed by atoms with Gasteiger partial charge >= 0.3 is 8.80 Å². The fourth-order valence-electron chi connectivity index (χ4n) is 3.29. The Bertz CT molecular complexity index is 982. The van der Waals surface area contributed by atoms with Crippen molar-refractivity contribution in [1.29, 1.82) is 0 Å². The number of fused-ring (bicyclic) bond motifs is 4. The molecule has 4 rings (SSSR count). The molecule has 1 N–H and O–H groups in total. The van der Waals surface area contributed by atoms with Gasteiger partial charge < -0.3 is 23.1 Å². The van der Waals surface area contributed by atoms with Crippen molar-refractivity contribution in [3.63, 3.8) is 0 Å². The van der Waals surface area contributed by atoms with Crippen molar-refractivity contribution in [2.75, 3.05) is 27.9 Å². The summed E-state index contributed by atoms with van der Waals surface area (Å²) >= 11 is 0. The van der Waals surface area contributed by atoms with Crippen LogP contribution >= 0.6 is 0 Å². The van der Waals surface area contributed by atoms with E-state index in [1.54, 1.807) is 27.4 Å². The van der Waals surface area contributed by atoms with Gasteiger partial charge in [-0.05, 0) is 30.7 Å². The first-order valence-electron chi connectivity index (χ1n) is 8.74. The lowest BCUT2D eigenvalue weighted by molar-refractivity contribution is 0.121. The Morgan fingerprint density at radius 1 is 0.926 bits per heavy atom. The van der Waals surface area contributed by atoms with Crippen LogP contribution in [-0.2, 0) is 13.3 Å². The number of para-hydroxylation sites is 2. The number of aromatic hydroxyl groups is 1. The Kier molecular flexibility index (Phi) is 4.60. The molecule has 2 aromatic heterocycles. The summed E-state index contributed by atoms with van der Waals surface area (Å²) in [5.74, 6) is 0.787. The van der Waals surface area contributed by atoms with Crippen LogP contribution in [0, 0.1) is 0 Å². The third kappa shape index (κ3) is 2.98. The lowest BCUT2D eigenvalue weighted by Crippen LogP contribution is -2.42. The summed E-state index contributed by atoms with van der Waals surface area (Å²) in [7, 11) is 2.23. The first-order valence-corrected chi connectivity index (χ1v) is 10.7. The molecule has 0 bridgehead atoms. The molecule has 0 saturated heterocycles. The number of phenols is 1. The van der Waals surface area contributed by atoms with E-state index in [0.29, 0.717) is 24.1 Å². The van der Waals surface area contributed by atoms with Crippen molar-refractivity contribution >= 4 is 19.8 Å². The number of aromatic nitrogens is 3. The minimum atomic E-state index is -2.57. The van der Waals surface area contributed by atoms with E-state index in [0.717, 1.165) is 17.5 Å². The van der Waals surface area contributed by atoms with Crippen molar-refractivity contribution in [1.82, 2.24) is 14.1 Å². The predicted molar refractivity (Wildman–Crippen MR) is 102 cm³/mol. The van der Waals surface area contributed by atoms with E-state index in [1.807, 2.05) is 50.5 Å². The summed E-state index contributed by atoms with van der Waals surface area (Å²) in [5.41, 5.74) is 2.96. The Morgan fingerprint density at radius 3 is 2.11 bits per heavy atom. The number of hydrogen-bond donors (Lipinski definition) is 1. The molecule has 0 aliphatic rings. The van der Waals surface area contributed by atoms with E-state index in [9.17, 15) is 5.11 Å². The molecule has 0 atom stereocenters. The summed E-state index contributed by atoms with van der Waals surface area (Å²) < 4.78 is 25.9. The highest BCUT2D eigenvalue weighted by atomic mass is 28.4. The Balaban J connectivity index is 1.40. The molecular weight excluding hydrogens is 366 g/mol. The van der Waals surface area contributed by atoms with E-state index in [-0.39, 0.29) is 5.75 Å². The average Bonchev–Trinajstić information content (AvgIpc) is 3.35. The van der Waals surface area contributed by atoms with E-state index in [4.69, 9.17) is 18.0 Å². The van der Waals surface area contributed by atoms with Crippen molar-refractivity contribution in [2.45, 2.75) is 12.5 Å². The standard InChI is InChI=1S/C18H23N3O5Si/c1-23-27(24-2,25-3)12-6-11-26-14-9-10-17(18(22)13-14)21-19-15-7-4-5-8-16(15)20(19)21/h4-5,7-10,13,22H,6,11-12H2,1-3H3. The minimum Gasteiger partial charge on any atom is -0.505 e. The molecule has 2 heterocycles. The quantitative estimate of drug-likeness (QED) is 0.352. The number of hydrogen-bond acceptors (Lipinski definition) is 5. The molecule has 27 heavy (non-hydrogen) atoms. The van der Waals surface area contributed by atoms with Crippen molar-refractivity contribution in [3.05, 3.63) is 42.5 Å². The van der Waals surface area contributed by atoms with E-state index >= 15 is 0 Å². The Morgan fingerprint density at radius 2 is 1.56 bits per heavy atom. The van der Waals surface area contributed by atoms with Crippen LogP contribution < -0.4 is 4.74 Å². The summed E-state index contributed by atoms with van der Waals surface area (Å²) in [6.07, 6.45) is 0.729. The summed E-state index contributed by atoms with van der Waals surface area (Å²) in [6.45, 7) is 0.483. The molecule has 0 aliphatic carbocycles. The van der Waals surface area contributed by atoms with E-state index in [2.05, 4.69) is 0 Å². The van der Waals surface area contributed by atoms with Crippen LogP contribution in [0.15, 0.2) is 42.5 Å². The maximum atomic E-state index is 10.4. The van der Waals surface area contributed by atoms with Gasteiger partial charge in [0.1, 0.15) is 28.2 Å². The van der Waals surface area contributed by atoms with E-state index in [1.165, 1.54) is 0 Å².